The number of carboxylic acids is 1. The predicted molar refractivity (Wildman–Crippen MR) is 68.1 cm³/mol. The van der Waals surface area contributed by atoms with Crippen LogP contribution in [0.4, 0.5) is 0 Å². The summed E-state index contributed by atoms with van der Waals surface area (Å²) >= 11 is 11.6. The highest BCUT2D eigenvalue weighted by atomic mass is 35.5. The molecule has 1 aliphatic rings. The molecule has 0 spiro atoms. The molecule has 2 N–H and O–H groups in total. The van der Waals surface area contributed by atoms with Gasteiger partial charge in [0, 0.05) is 11.1 Å². The van der Waals surface area contributed by atoms with E-state index in [1.807, 2.05) is 0 Å². The second-order valence-corrected chi connectivity index (χ2v) is 5.14. The third-order valence-corrected chi connectivity index (χ3v) is 3.55. The number of carbonyl (C=O) groups excluding carboxylic acids is 1. The largest absolute Gasteiger partial charge is 0.481 e. The molecule has 0 radical (unpaired) electrons. The maximum absolute atomic E-state index is 11.9. The molecule has 0 bridgehead atoms. The SMILES string of the molecule is O=C(NC1CC(C(=O)O)C1)c1ccc(Cl)cc1Cl. The molecule has 1 saturated carbocycles. The van der Waals surface area contributed by atoms with Gasteiger partial charge in [0.1, 0.15) is 0 Å². The van der Waals surface area contributed by atoms with Crippen molar-refractivity contribution in [3.05, 3.63) is 33.8 Å². The van der Waals surface area contributed by atoms with Crippen molar-refractivity contribution in [2.45, 2.75) is 18.9 Å². The number of hydrogen-bond donors (Lipinski definition) is 2. The number of halogens is 2. The molecule has 1 amide bonds. The van der Waals surface area contributed by atoms with Crippen LogP contribution in [0.15, 0.2) is 18.2 Å². The predicted octanol–water partition coefficient (Wildman–Crippen LogP) is 2.59. The zero-order valence-electron chi connectivity index (χ0n) is 9.32. The quantitative estimate of drug-likeness (QED) is 0.898. The summed E-state index contributed by atoms with van der Waals surface area (Å²) in [5.74, 6) is -1.47. The Labute approximate surface area is 114 Å². The molecule has 1 aromatic rings. The maximum atomic E-state index is 11.9. The summed E-state index contributed by atoms with van der Waals surface area (Å²) in [6, 6.07) is 4.54. The fourth-order valence-corrected chi connectivity index (χ4v) is 2.37. The standard InChI is InChI=1S/C12H11Cl2NO3/c13-7-1-2-9(10(14)5-7)11(16)15-8-3-6(4-8)12(17)18/h1-2,5-6,8H,3-4H2,(H,15,16)(H,17,18). The molecule has 0 aliphatic heterocycles. The Hall–Kier alpha value is -1.26. The first-order chi connectivity index (χ1) is 8.47. The molecule has 18 heavy (non-hydrogen) atoms. The highest BCUT2D eigenvalue weighted by Gasteiger charge is 2.35. The number of rotatable bonds is 3. The second kappa shape index (κ2) is 5.16. The van der Waals surface area contributed by atoms with Crippen molar-refractivity contribution in [3.63, 3.8) is 0 Å². The average molecular weight is 288 g/mol. The van der Waals surface area contributed by atoms with Gasteiger partial charge in [-0.25, -0.2) is 0 Å². The topological polar surface area (TPSA) is 66.4 Å². The van der Waals surface area contributed by atoms with Gasteiger partial charge in [-0.1, -0.05) is 23.2 Å². The van der Waals surface area contributed by atoms with Crippen LogP contribution >= 0.6 is 23.2 Å². The van der Waals surface area contributed by atoms with E-state index in [1.54, 1.807) is 12.1 Å². The van der Waals surface area contributed by atoms with E-state index in [0.29, 0.717) is 23.4 Å². The number of aliphatic carboxylic acids is 1. The first kappa shape index (κ1) is 13.2. The normalized spacial score (nSPS) is 22.1. The lowest BCUT2D eigenvalue weighted by Crippen LogP contribution is -2.46. The molecular weight excluding hydrogens is 277 g/mol. The maximum Gasteiger partial charge on any atom is 0.306 e. The van der Waals surface area contributed by atoms with Crippen molar-refractivity contribution in [1.29, 1.82) is 0 Å². The van der Waals surface area contributed by atoms with Gasteiger partial charge in [-0.05, 0) is 31.0 Å². The first-order valence-corrected chi connectivity index (χ1v) is 6.21. The Bertz CT molecular complexity index is 498. The number of nitrogens with one attached hydrogen (secondary N) is 1. The van der Waals surface area contributed by atoms with Crippen LogP contribution in [0.2, 0.25) is 10.0 Å². The molecule has 0 saturated heterocycles. The Morgan fingerprint density at radius 2 is 1.94 bits per heavy atom. The summed E-state index contributed by atoms with van der Waals surface area (Å²) in [6.07, 6.45) is 0.929. The molecule has 0 unspecified atom stereocenters. The molecule has 0 heterocycles. The summed E-state index contributed by atoms with van der Waals surface area (Å²) in [4.78, 5) is 22.5. The van der Waals surface area contributed by atoms with Gasteiger partial charge in [0.15, 0.2) is 0 Å². The fourth-order valence-electron chi connectivity index (χ4n) is 1.87. The molecular formula is C12H11Cl2NO3. The van der Waals surface area contributed by atoms with Crippen molar-refractivity contribution in [2.75, 3.05) is 0 Å². The summed E-state index contributed by atoms with van der Waals surface area (Å²) < 4.78 is 0. The minimum absolute atomic E-state index is 0.0923. The molecule has 6 heteroatoms. The molecule has 1 aliphatic carbocycles. The van der Waals surface area contributed by atoms with Gasteiger partial charge in [0.05, 0.1) is 16.5 Å². The minimum atomic E-state index is -0.815. The Kier molecular flexibility index (Phi) is 3.78. The Morgan fingerprint density at radius 1 is 1.28 bits per heavy atom. The smallest absolute Gasteiger partial charge is 0.306 e. The van der Waals surface area contributed by atoms with E-state index in [9.17, 15) is 9.59 Å². The third kappa shape index (κ3) is 2.76. The van der Waals surface area contributed by atoms with Crippen molar-refractivity contribution in [1.82, 2.24) is 5.32 Å². The lowest BCUT2D eigenvalue weighted by atomic mass is 9.80. The van der Waals surface area contributed by atoms with E-state index in [-0.39, 0.29) is 22.9 Å². The van der Waals surface area contributed by atoms with E-state index < -0.39 is 5.97 Å². The number of benzene rings is 1. The van der Waals surface area contributed by atoms with E-state index in [2.05, 4.69) is 5.32 Å². The number of carbonyl (C=O) groups is 2. The van der Waals surface area contributed by atoms with Crippen LogP contribution in [0.1, 0.15) is 23.2 Å². The number of carboxylic acid groups (broad SMARTS) is 1. The zero-order chi connectivity index (χ0) is 13.3. The van der Waals surface area contributed by atoms with Crippen molar-refractivity contribution < 1.29 is 14.7 Å². The molecule has 1 fully saturated rings. The fraction of sp³-hybridized carbons (Fsp3) is 0.333. The van der Waals surface area contributed by atoms with Crippen molar-refractivity contribution >= 4 is 35.1 Å². The van der Waals surface area contributed by atoms with E-state index in [4.69, 9.17) is 28.3 Å². The van der Waals surface area contributed by atoms with Crippen LogP contribution < -0.4 is 5.32 Å². The van der Waals surface area contributed by atoms with E-state index in [1.165, 1.54) is 6.07 Å². The van der Waals surface area contributed by atoms with Gasteiger partial charge >= 0.3 is 5.97 Å². The van der Waals surface area contributed by atoms with Gasteiger partial charge in [0.2, 0.25) is 0 Å². The van der Waals surface area contributed by atoms with Crippen molar-refractivity contribution in [3.8, 4) is 0 Å². The Balaban J connectivity index is 1.95. The molecule has 2 rings (SSSR count). The van der Waals surface area contributed by atoms with Gasteiger partial charge in [-0.15, -0.1) is 0 Å². The van der Waals surface area contributed by atoms with Crippen LogP contribution in [-0.4, -0.2) is 23.0 Å². The van der Waals surface area contributed by atoms with E-state index >= 15 is 0 Å². The van der Waals surface area contributed by atoms with Crippen LogP contribution in [-0.2, 0) is 4.79 Å². The number of amides is 1. The molecule has 0 aromatic heterocycles. The van der Waals surface area contributed by atoms with Crippen LogP contribution in [0, 0.1) is 5.92 Å². The first-order valence-electron chi connectivity index (χ1n) is 5.46. The molecule has 4 nitrogen and oxygen atoms in total. The molecule has 1 aromatic carbocycles. The van der Waals surface area contributed by atoms with Crippen LogP contribution in [0.5, 0.6) is 0 Å². The lowest BCUT2D eigenvalue weighted by molar-refractivity contribution is -0.145. The van der Waals surface area contributed by atoms with Gasteiger partial charge in [-0.2, -0.15) is 0 Å². The number of hydrogen-bond acceptors (Lipinski definition) is 2. The van der Waals surface area contributed by atoms with Gasteiger partial charge in [0.25, 0.3) is 5.91 Å². The highest BCUT2D eigenvalue weighted by molar-refractivity contribution is 6.36. The summed E-state index contributed by atoms with van der Waals surface area (Å²) in [6.45, 7) is 0. The zero-order valence-corrected chi connectivity index (χ0v) is 10.8. The molecule has 96 valence electrons. The summed E-state index contributed by atoms with van der Waals surface area (Å²) in [7, 11) is 0. The minimum Gasteiger partial charge on any atom is -0.481 e. The van der Waals surface area contributed by atoms with Crippen molar-refractivity contribution in [2.24, 2.45) is 5.92 Å². The summed E-state index contributed by atoms with van der Waals surface area (Å²) in [5.41, 5.74) is 0.347. The third-order valence-electron chi connectivity index (χ3n) is 3.00. The average Bonchev–Trinajstić information content (AvgIpc) is 2.21. The lowest BCUT2D eigenvalue weighted by Gasteiger charge is -2.32. The molecule has 0 atom stereocenters. The van der Waals surface area contributed by atoms with Crippen LogP contribution in [0.25, 0.3) is 0 Å². The van der Waals surface area contributed by atoms with Crippen LogP contribution in [0.3, 0.4) is 0 Å². The monoisotopic (exact) mass is 287 g/mol. The van der Waals surface area contributed by atoms with Gasteiger partial charge < -0.3 is 10.4 Å². The Morgan fingerprint density at radius 3 is 2.50 bits per heavy atom. The highest BCUT2D eigenvalue weighted by Crippen LogP contribution is 2.28. The summed E-state index contributed by atoms with van der Waals surface area (Å²) in [5, 5.41) is 12.2. The van der Waals surface area contributed by atoms with Gasteiger partial charge in [-0.3, -0.25) is 9.59 Å². The second-order valence-electron chi connectivity index (χ2n) is 4.30. The van der Waals surface area contributed by atoms with E-state index in [0.717, 1.165) is 0 Å².